The molecule has 1 aromatic carbocycles. The average Bonchev–Trinajstić information content (AvgIpc) is 2.79. The van der Waals surface area contributed by atoms with Gasteiger partial charge < -0.3 is 15.5 Å². The molecule has 0 spiro atoms. The minimum Gasteiger partial charge on any atom is -0.339 e. The Morgan fingerprint density at radius 3 is 2.37 bits per heavy atom. The van der Waals surface area contributed by atoms with Gasteiger partial charge in [0.05, 0.1) is 0 Å². The highest BCUT2D eigenvalue weighted by Crippen LogP contribution is 2.25. The van der Waals surface area contributed by atoms with Gasteiger partial charge in [0.15, 0.2) is 0 Å². The lowest BCUT2D eigenvalue weighted by Crippen LogP contribution is -2.53. The number of hydrogen-bond donors (Lipinski definition) is 2. The van der Waals surface area contributed by atoms with E-state index in [-0.39, 0.29) is 18.0 Å². The van der Waals surface area contributed by atoms with Gasteiger partial charge in [0.25, 0.3) is 5.91 Å². The maximum atomic E-state index is 12.4. The van der Waals surface area contributed by atoms with Gasteiger partial charge in [-0.05, 0) is 63.8 Å². The predicted molar refractivity (Wildman–Crippen MR) is 121 cm³/mol. The Morgan fingerprint density at radius 2 is 1.70 bits per heavy atom. The summed E-state index contributed by atoms with van der Waals surface area (Å²) in [4.78, 5) is 29.2. The summed E-state index contributed by atoms with van der Waals surface area (Å²) in [7, 11) is 0. The van der Waals surface area contributed by atoms with E-state index >= 15 is 0 Å². The van der Waals surface area contributed by atoms with E-state index in [0.29, 0.717) is 31.2 Å². The Labute approximate surface area is 181 Å². The van der Waals surface area contributed by atoms with Crippen LogP contribution in [0, 0.1) is 0 Å². The maximum absolute atomic E-state index is 12.4. The van der Waals surface area contributed by atoms with Crippen LogP contribution >= 0.6 is 0 Å². The van der Waals surface area contributed by atoms with Crippen molar-refractivity contribution < 1.29 is 9.59 Å². The van der Waals surface area contributed by atoms with E-state index in [1.807, 2.05) is 43.0 Å². The number of carbonyl (C=O) groups excluding carboxylic acids is 2. The van der Waals surface area contributed by atoms with Crippen molar-refractivity contribution >= 4 is 11.9 Å². The van der Waals surface area contributed by atoms with E-state index in [4.69, 9.17) is 0 Å². The molecular weight excluding hydrogens is 376 g/mol. The molecule has 2 aliphatic rings. The van der Waals surface area contributed by atoms with Gasteiger partial charge in [-0.3, -0.25) is 9.69 Å². The summed E-state index contributed by atoms with van der Waals surface area (Å²) >= 11 is 0. The Kier molecular flexibility index (Phi) is 8.55. The minimum atomic E-state index is -0.103. The van der Waals surface area contributed by atoms with Crippen molar-refractivity contribution in [3.63, 3.8) is 0 Å². The number of carbonyl (C=O) groups is 2. The van der Waals surface area contributed by atoms with Crippen LogP contribution in [0.25, 0.3) is 0 Å². The van der Waals surface area contributed by atoms with Crippen LogP contribution < -0.4 is 10.6 Å². The van der Waals surface area contributed by atoms with Crippen molar-refractivity contribution in [3.8, 4) is 0 Å². The first-order valence-electron chi connectivity index (χ1n) is 11.8. The summed E-state index contributed by atoms with van der Waals surface area (Å²) < 4.78 is 0. The van der Waals surface area contributed by atoms with Crippen LogP contribution in [-0.2, 0) is 6.54 Å². The quantitative estimate of drug-likeness (QED) is 0.714. The molecule has 1 heterocycles. The molecule has 166 valence electrons. The fourth-order valence-electron chi connectivity index (χ4n) is 4.78. The molecule has 1 aliphatic heterocycles. The predicted octanol–water partition coefficient (Wildman–Crippen LogP) is 3.76. The molecule has 6 nitrogen and oxygen atoms in total. The zero-order valence-electron chi connectivity index (χ0n) is 18.7. The second-order valence-electron chi connectivity index (χ2n) is 8.63. The number of piperidine rings is 1. The minimum absolute atomic E-state index is 0.0528. The Morgan fingerprint density at radius 1 is 1.00 bits per heavy atom. The molecule has 1 unspecified atom stereocenters. The molecule has 30 heavy (non-hydrogen) atoms. The van der Waals surface area contributed by atoms with Crippen LogP contribution in [0.2, 0.25) is 0 Å². The van der Waals surface area contributed by atoms with Gasteiger partial charge in [-0.2, -0.15) is 0 Å². The fraction of sp³-hybridized carbons (Fsp3) is 0.667. The molecular formula is C24H38N4O2. The number of benzene rings is 1. The number of amides is 3. The molecule has 2 N–H and O–H groups in total. The molecule has 0 aromatic heterocycles. The lowest BCUT2D eigenvalue weighted by molar-refractivity contribution is 0.0773. The van der Waals surface area contributed by atoms with Gasteiger partial charge in [-0.25, -0.2) is 4.79 Å². The van der Waals surface area contributed by atoms with E-state index in [1.165, 1.54) is 38.6 Å². The van der Waals surface area contributed by atoms with E-state index in [0.717, 1.165) is 24.9 Å². The Hall–Kier alpha value is -2.08. The standard InChI is InChI=1S/C24H38N4O2/c1-3-27(4-2)23(29)20-14-12-19(13-15-20)17-25-24(30)26-21-9-8-16-28(18-21)22-10-6-5-7-11-22/h12-15,21-22H,3-11,16-18H2,1-2H3,(H2,25,26,30). The van der Waals surface area contributed by atoms with Gasteiger partial charge in [0.1, 0.15) is 0 Å². The zero-order valence-corrected chi connectivity index (χ0v) is 18.7. The van der Waals surface area contributed by atoms with Crippen molar-refractivity contribution in [2.45, 2.75) is 77.4 Å². The Bertz CT molecular complexity index is 681. The van der Waals surface area contributed by atoms with E-state index in [2.05, 4.69) is 15.5 Å². The van der Waals surface area contributed by atoms with E-state index in [1.54, 1.807) is 0 Å². The van der Waals surface area contributed by atoms with Crippen LogP contribution in [0.15, 0.2) is 24.3 Å². The van der Waals surface area contributed by atoms with Crippen LogP contribution in [-0.4, -0.2) is 60.0 Å². The number of urea groups is 1. The summed E-state index contributed by atoms with van der Waals surface area (Å²) in [5.74, 6) is 0.0528. The largest absolute Gasteiger partial charge is 0.339 e. The molecule has 1 saturated carbocycles. The summed E-state index contributed by atoms with van der Waals surface area (Å²) in [6, 6.07) is 8.37. The van der Waals surface area contributed by atoms with Crippen molar-refractivity contribution in [2.24, 2.45) is 0 Å². The maximum Gasteiger partial charge on any atom is 0.315 e. The summed E-state index contributed by atoms with van der Waals surface area (Å²) in [5.41, 5.74) is 1.69. The third-order valence-corrected chi connectivity index (χ3v) is 6.58. The first kappa shape index (κ1) is 22.6. The van der Waals surface area contributed by atoms with E-state index < -0.39 is 0 Å². The van der Waals surface area contributed by atoms with Gasteiger partial charge in [-0.1, -0.05) is 31.4 Å². The highest BCUT2D eigenvalue weighted by atomic mass is 16.2. The molecule has 0 radical (unpaired) electrons. The van der Waals surface area contributed by atoms with Crippen molar-refractivity contribution in [1.29, 1.82) is 0 Å². The van der Waals surface area contributed by atoms with Gasteiger partial charge in [0.2, 0.25) is 0 Å². The number of rotatable bonds is 7. The lowest BCUT2D eigenvalue weighted by Gasteiger charge is -2.40. The third-order valence-electron chi connectivity index (χ3n) is 6.58. The summed E-state index contributed by atoms with van der Waals surface area (Å²) in [5, 5.41) is 6.14. The van der Waals surface area contributed by atoms with Gasteiger partial charge >= 0.3 is 6.03 Å². The monoisotopic (exact) mass is 414 g/mol. The molecule has 2 fully saturated rings. The number of nitrogens with zero attached hydrogens (tertiary/aromatic N) is 2. The normalized spacial score (nSPS) is 20.5. The van der Waals surface area contributed by atoms with Crippen LogP contribution in [0.1, 0.15) is 74.7 Å². The molecule has 1 aromatic rings. The zero-order chi connectivity index (χ0) is 21.3. The van der Waals surface area contributed by atoms with Crippen LogP contribution in [0.5, 0.6) is 0 Å². The van der Waals surface area contributed by atoms with Gasteiger partial charge in [0, 0.05) is 43.8 Å². The second kappa shape index (κ2) is 11.3. The van der Waals surface area contributed by atoms with Crippen LogP contribution in [0.3, 0.4) is 0 Å². The SMILES string of the molecule is CCN(CC)C(=O)c1ccc(CNC(=O)NC2CCCN(C3CCCCC3)C2)cc1. The lowest BCUT2D eigenvalue weighted by atomic mass is 9.92. The smallest absolute Gasteiger partial charge is 0.315 e. The molecule has 0 bridgehead atoms. The highest BCUT2D eigenvalue weighted by Gasteiger charge is 2.27. The van der Waals surface area contributed by atoms with Gasteiger partial charge in [-0.15, -0.1) is 0 Å². The summed E-state index contributed by atoms with van der Waals surface area (Å²) in [6.45, 7) is 7.99. The van der Waals surface area contributed by atoms with Crippen molar-refractivity contribution in [2.75, 3.05) is 26.2 Å². The molecule has 1 saturated heterocycles. The third kappa shape index (κ3) is 6.21. The number of hydrogen-bond acceptors (Lipinski definition) is 3. The number of nitrogens with one attached hydrogen (secondary N) is 2. The summed E-state index contributed by atoms with van der Waals surface area (Å²) in [6.07, 6.45) is 8.90. The first-order chi connectivity index (χ1) is 14.6. The molecule has 1 aliphatic carbocycles. The highest BCUT2D eigenvalue weighted by molar-refractivity contribution is 5.94. The van der Waals surface area contributed by atoms with Crippen LogP contribution in [0.4, 0.5) is 4.79 Å². The topological polar surface area (TPSA) is 64.7 Å². The molecule has 6 heteroatoms. The second-order valence-corrected chi connectivity index (χ2v) is 8.63. The van der Waals surface area contributed by atoms with E-state index in [9.17, 15) is 9.59 Å². The molecule has 1 atom stereocenters. The van der Waals surface area contributed by atoms with Crippen molar-refractivity contribution in [1.82, 2.24) is 20.4 Å². The molecule has 3 rings (SSSR count). The Balaban J connectivity index is 1.43. The molecule has 3 amide bonds. The van der Waals surface area contributed by atoms with Crippen molar-refractivity contribution in [3.05, 3.63) is 35.4 Å². The number of likely N-dealkylation sites (tertiary alicyclic amines) is 1. The first-order valence-corrected chi connectivity index (χ1v) is 11.8. The fourth-order valence-corrected chi connectivity index (χ4v) is 4.78. The average molecular weight is 415 g/mol.